The molecule has 0 radical (unpaired) electrons. The fourth-order valence-corrected chi connectivity index (χ4v) is 3.40. The number of aliphatic hydroxyl groups is 1. The van der Waals surface area contributed by atoms with Crippen LogP contribution in [0.3, 0.4) is 0 Å². The summed E-state index contributed by atoms with van der Waals surface area (Å²) in [5.74, 6) is 0.831. The second-order valence-electron chi connectivity index (χ2n) is 5.23. The lowest BCUT2D eigenvalue weighted by atomic mass is 9.88. The van der Waals surface area contributed by atoms with Crippen LogP contribution in [0, 0.1) is 5.92 Å². The third-order valence-corrected chi connectivity index (χ3v) is 4.30. The van der Waals surface area contributed by atoms with Gasteiger partial charge in [0, 0.05) is 17.8 Å². The molecule has 16 heavy (non-hydrogen) atoms. The van der Waals surface area contributed by atoms with E-state index in [2.05, 4.69) is 11.1 Å². The van der Waals surface area contributed by atoms with Crippen molar-refractivity contribution in [1.29, 1.82) is 0 Å². The van der Waals surface area contributed by atoms with Gasteiger partial charge in [0.2, 0.25) is 0 Å². The van der Waals surface area contributed by atoms with Crippen molar-refractivity contribution in [2.45, 2.75) is 50.5 Å². The van der Waals surface area contributed by atoms with Crippen LogP contribution in [0.5, 0.6) is 0 Å². The minimum Gasteiger partial charge on any atom is -0.392 e. The molecule has 0 aromatic carbocycles. The van der Waals surface area contributed by atoms with Gasteiger partial charge < -0.3 is 5.11 Å². The summed E-state index contributed by atoms with van der Waals surface area (Å²) in [6.07, 6.45) is 8.89. The number of fused-ring (bicyclic) bond motifs is 1. The van der Waals surface area contributed by atoms with Crippen LogP contribution in [-0.2, 0) is 6.42 Å². The lowest BCUT2D eigenvalue weighted by Crippen LogP contribution is -2.25. The number of aromatic nitrogens is 1. The molecule has 1 heterocycles. The van der Waals surface area contributed by atoms with Gasteiger partial charge >= 0.3 is 0 Å². The van der Waals surface area contributed by atoms with E-state index in [0.29, 0.717) is 11.8 Å². The van der Waals surface area contributed by atoms with Crippen LogP contribution in [0.25, 0.3) is 0 Å². The predicted octanol–water partition coefficient (Wildman–Crippen LogP) is 2.66. The average Bonchev–Trinajstić information content (AvgIpc) is 2.98. The van der Waals surface area contributed by atoms with Gasteiger partial charge in [0.25, 0.3) is 0 Å². The quantitative estimate of drug-likeness (QED) is 0.826. The van der Waals surface area contributed by atoms with Crippen LogP contribution in [0.4, 0.5) is 0 Å². The second kappa shape index (κ2) is 4.17. The fourth-order valence-electron chi connectivity index (χ4n) is 3.40. The van der Waals surface area contributed by atoms with Crippen LogP contribution in [-0.4, -0.2) is 16.2 Å². The SMILES string of the molecule is OC(C1CCCC1)C1CCc2cccnc21. The van der Waals surface area contributed by atoms with E-state index in [1.54, 1.807) is 0 Å². The summed E-state index contributed by atoms with van der Waals surface area (Å²) in [7, 11) is 0. The van der Waals surface area contributed by atoms with Gasteiger partial charge in [-0.1, -0.05) is 18.9 Å². The molecule has 0 saturated heterocycles. The van der Waals surface area contributed by atoms with E-state index >= 15 is 0 Å². The molecule has 3 rings (SSSR count). The Balaban J connectivity index is 1.81. The van der Waals surface area contributed by atoms with Crippen LogP contribution in [0.2, 0.25) is 0 Å². The highest BCUT2D eigenvalue weighted by atomic mass is 16.3. The van der Waals surface area contributed by atoms with E-state index in [4.69, 9.17) is 0 Å². The maximum Gasteiger partial charge on any atom is 0.0652 e. The van der Waals surface area contributed by atoms with Crippen molar-refractivity contribution < 1.29 is 5.11 Å². The van der Waals surface area contributed by atoms with E-state index < -0.39 is 0 Å². The maximum absolute atomic E-state index is 10.5. The van der Waals surface area contributed by atoms with Crippen LogP contribution in [0.1, 0.15) is 49.3 Å². The molecule has 0 bridgehead atoms. The largest absolute Gasteiger partial charge is 0.392 e. The van der Waals surface area contributed by atoms with Crippen LogP contribution >= 0.6 is 0 Å². The molecule has 1 N–H and O–H groups in total. The van der Waals surface area contributed by atoms with Crippen molar-refractivity contribution >= 4 is 0 Å². The van der Waals surface area contributed by atoms with Gasteiger partial charge in [0.05, 0.1) is 6.10 Å². The average molecular weight is 217 g/mol. The fraction of sp³-hybridized carbons (Fsp3) is 0.643. The van der Waals surface area contributed by atoms with Crippen LogP contribution < -0.4 is 0 Å². The molecule has 2 aliphatic rings. The third-order valence-electron chi connectivity index (χ3n) is 4.30. The highest BCUT2D eigenvalue weighted by Crippen LogP contribution is 2.40. The van der Waals surface area contributed by atoms with E-state index in [1.807, 2.05) is 12.3 Å². The van der Waals surface area contributed by atoms with Crippen molar-refractivity contribution in [3.63, 3.8) is 0 Å². The standard InChI is InChI=1S/C14H19NO/c16-14(11-4-1-2-5-11)12-8-7-10-6-3-9-15-13(10)12/h3,6,9,11-12,14,16H,1-2,4-5,7-8H2. The highest BCUT2D eigenvalue weighted by Gasteiger charge is 2.35. The first-order chi connectivity index (χ1) is 7.86. The van der Waals surface area contributed by atoms with Crippen molar-refractivity contribution in [3.8, 4) is 0 Å². The number of rotatable bonds is 2. The van der Waals surface area contributed by atoms with Crippen molar-refractivity contribution in [2.24, 2.45) is 5.92 Å². The molecular formula is C14H19NO. The number of pyridine rings is 1. The van der Waals surface area contributed by atoms with Gasteiger partial charge in [-0.2, -0.15) is 0 Å². The molecule has 1 saturated carbocycles. The van der Waals surface area contributed by atoms with E-state index in [0.717, 1.165) is 12.8 Å². The molecule has 2 heteroatoms. The maximum atomic E-state index is 10.5. The Morgan fingerprint density at radius 1 is 1.25 bits per heavy atom. The molecule has 2 atom stereocenters. The minimum atomic E-state index is -0.154. The molecule has 0 aliphatic heterocycles. The van der Waals surface area contributed by atoms with Crippen molar-refractivity contribution in [3.05, 3.63) is 29.6 Å². The number of aryl methyl sites for hydroxylation is 1. The summed E-state index contributed by atoms with van der Waals surface area (Å²) in [6.45, 7) is 0. The van der Waals surface area contributed by atoms with Crippen molar-refractivity contribution in [1.82, 2.24) is 4.98 Å². The Bertz CT molecular complexity index is 371. The first-order valence-electron chi connectivity index (χ1n) is 6.48. The first-order valence-corrected chi connectivity index (χ1v) is 6.48. The Morgan fingerprint density at radius 2 is 2.06 bits per heavy atom. The monoisotopic (exact) mass is 217 g/mol. The summed E-state index contributed by atoms with van der Waals surface area (Å²) in [5, 5.41) is 10.5. The van der Waals surface area contributed by atoms with E-state index in [9.17, 15) is 5.11 Å². The smallest absolute Gasteiger partial charge is 0.0652 e. The molecule has 2 nitrogen and oxygen atoms in total. The third kappa shape index (κ3) is 1.65. The normalized spacial score (nSPS) is 26.9. The summed E-state index contributed by atoms with van der Waals surface area (Å²) in [4.78, 5) is 4.47. The zero-order chi connectivity index (χ0) is 11.0. The molecule has 86 valence electrons. The Labute approximate surface area is 96.7 Å². The molecule has 2 unspecified atom stereocenters. The van der Waals surface area contributed by atoms with Gasteiger partial charge in [-0.15, -0.1) is 0 Å². The van der Waals surface area contributed by atoms with Gasteiger partial charge in [0.15, 0.2) is 0 Å². The van der Waals surface area contributed by atoms with Crippen molar-refractivity contribution in [2.75, 3.05) is 0 Å². The number of hydrogen-bond acceptors (Lipinski definition) is 2. The summed E-state index contributed by atoms with van der Waals surface area (Å²) in [5.41, 5.74) is 2.52. The van der Waals surface area contributed by atoms with Gasteiger partial charge in [0.1, 0.15) is 0 Å². The van der Waals surface area contributed by atoms with Gasteiger partial charge in [-0.3, -0.25) is 4.98 Å². The molecule has 0 spiro atoms. The Kier molecular flexibility index (Phi) is 2.68. The first kappa shape index (κ1) is 10.3. The highest BCUT2D eigenvalue weighted by molar-refractivity contribution is 5.29. The molecular weight excluding hydrogens is 198 g/mol. The number of aliphatic hydroxyl groups excluding tert-OH is 1. The molecule has 1 fully saturated rings. The molecule has 1 aromatic rings. The number of nitrogens with zero attached hydrogens (tertiary/aromatic N) is 1. The lowest BCUT2D eigenvalue weighted by Gasteiger charge is -2.24. The summed E-state index contributed by atoms with van der Waals surface area (Å²) < 4.78 is 0. The topological polar surface area (TPSA) is 33.1 Å². The second-order valence-corrected chi connectivity index (χ2v) is 5.23. The zero-order valence-corrected chi connectivity index (χ0v) is 9.60. The summed E-state index contributed by atoms with van der Waals surface area (Å²) in [6, 6.07) is 4.16. The van der Waals surface area contributed by atoms with Gasteiger partial charge in [-0.25, -0.2) is 0 Å². The molecule has 2 aliphatic carbocycles. The van der Waals surface area contributed by atoms with E-state index in [-0.39, 0.29) is 6.10 Å². The lowest BCUT2D eigenvalue weighted by molar-refractivity contribution is 0.0818. The Hall–Kier alpha value is -0.890. The molecule has 1 aromatic heterocycles. The zero-order valence-electron chi connectivity index (χ0n) is 9.60. The van der Waals surface area contributed by atoms with Gasteiger partial charge in [-0.05, 0) is 43.2 Å². The summed E-state index contributed by atoms with van der Waals surface area (Å²) >= 11 is 0. The minimum absolute atomic E-state index is 0.154. The predicted molar refractivity (Wildman–Crippen MR) is 63.3 cm³/mol. The van der Waals surface area contributed by atoms with Crippen LogP contribution in [0.15, 0.2) is 18.3 Å². The molecule has 0 amide bonds. The Morgan fingerprint density at radius 3 is 2.88 bits per heavy atom. The number of hydrogen-bond donors (Lipinski definition) is 1. The van der Waals surface area contributed by atoms with E-state index in [1.165, 1.54) is 36.9 Å².